The van der Waals surface area contributed by atoms with Crippen LogP contribution < -0.4 is 5.32 Å². The minimum Gasteiger partial charge on any atom is -0.314 e. The first-order chi connectivity index (χ1) is 8.28. The zero-order valence-corrected chi connectivity index (χ0v) is 11.9. The van der Waals surface area contributed by atoms with Gasteiger partial charge >= 0.3 is 0 Å². The second kappa shape index (κ2) is 6.50. The van der Waals surface area contributed by atoms with Gasteiger partial charge in [-0.3, -0.25) is 0 Å². The normalized spacial score (nSPS) is 18.0. The van der Waals surface area contributed by atoms with E-state index < -0.39 is 0 Å². The Morgan fingerprint density at radius 3 is 2.88 bits per heavy atom. The minimum atomic E-state index is 0.644. The third-order valence-corrected chi connectivity index (χ3v) is 4.60. The summed E-state index contributed by atoms with van der Waals surface area (Å²) in [6, 6.07) is 0.644. The molecule has 0 aliphatic heterocycles. The molecule has 2 nitrogen and oxygen atoms in total. The van der Waals surface area contributed by atoms with Gasteiger partial charge in [0.25, 0.3) is 0 Å². The molecule has 1 heterocycles. The zero-order chi connectivity index (χ0) is 12.1. The van der Waals surface area contributed by atoms with Crippen molar-refractivity contribution in [3.05, 3.63) is 16.1 Å². The summed E-state index contributed by atoms with van der Waals surface area (Å²) in [5.41, 5.74) is 1.17. The lowest BCUT2D eigenvalue weighted by Gasteiger charge is -2.30. The van der Waals surface area contributed by atoms with E-state index in [4.69, 9.17) is 0 Å². The van der Waals surface area contributed by atoms with Crippen LogP contribution in [0.15, 0.2) is 5.38 Å². The Morgan fingerprint density at radius 2 is 2.35 bits per heavy atom. The summed E-state index contributed by atoms with van der Waals surface area (Å²) in [6.45, 7) is 5.46. The van der Waals surface area contributed by atoms with Crippen molar-refractivity contribution in [2.45, 2.75) is 58.4 Å². The Kier molecular flexibility index (Phi) is 4.99. The molecule has 2 rings (SSSR count). The van der Waals surface area contributed by atoms with Gasteiger partial charge in [0.2, 0.25) is 0 Å². The van der Waals surface area contributed by atoms with Crippen molar-refractivity contribution in [3.8, 4) is 0 Å². The molecule has 17 heavy (non-hydrogen) atoms. The molecule has 0 radical (unpaired) electrons. The molecule has 1 saturated carbocycles. The van der Waals surface area contributed by atoms with Gasteiger partial charge in [0.15, 0.2) is 0 Å². The van der Waals surface area contributed by atoms with E-state index in [1.807, 2.05) is 11.3 Å². The van der Waals surface area contributed by atoms with Crippen LogP contribution >= 0.6 is 11.3 Å². The van der Waals surface area contributed by atoms with Crippen LogP contribution in [0.4, 0.5) is 0 Å². The first-order valence-corrected chi connectivity index (χ1v) is 7.80. The van der Waals surface area contributed by atoms with Gasteiger partial charge in [-0.15, -0.1) is 11.3 Å². The molecule has 1 atom stereocenters. The Balaban J connectivity index is 1.84. The number of nitrogens with one attached hydrogen (secondary N) is 1. The van der Waals surface area contributed by atoms with Crippen LogP contribution in [0.1, 0.15) is 49.7 Å². The fraction of sp³-hybridized carbons (Fsp3) is 0.786. The maximum atomic E-state index is 4.59. The predicted molar refractivity (Wildman–Crippen MR) is 74.6 cm³/mol. The highest BCUT2D eigenvalue weighted by atomic mass is 32.1. The van der Waals surface area contributed by atoms with Gasteiger partial charge in [0.05, 0.1) is 5.01 Å². The highest BCUT2D eigenvalue weighted by Crippen LogP contribution is 2.31. The Morgan fingerprint density at radius 1 is 1.53 bits per heavy atom. The van der Waals surface area contributed by atoms with Gasteiger partial charge in [0, 0.05) is 23.5 Å². The van der Waals surface area contributed by atoms with Gasteiger partial charge in [-0.1, -0.05) is 26.2 Å². The van der Waals surface area contributed by atoms with Gasteiger partial charge in [0.1, 0.15) is 0 Å². The standard InChI is InChI=1S/C14H24N2S/c1-3-7-15-13(8-12-5-4-6-12)9-14-16-11(2)10-17-14/h10,12-13,15H,3-9H2,1-2H3. The number of aryl methyl sites for hydroxylation is 1. The highest BCUT2D eigenvalue weighted by molar-refractivity contribution is 7.09. The van der Waals surface area contributed by atoms with E-state index in [1.54, 1.807) is 0 Å². The fourth-order valence-electron chi connectivity index (χ4n) is 2.43. The van der Waals surface area contributed by atoms with Crippen LogP contribution in [0.3, 0.4) is 0 Å². The third kappa shape index (κ3) is 4.07. The summed E-state index contributed by atoms with van der Waals surface area (Å²) in [5.74, 6) is 0.977. The van der Waals surface area contributed by atoms with Crippen LogP contribution in [0.25, 0.3) is 0 Å². The molecule has 96 valence electrons. The number of thiazole rings is 1. The highest BCUT2D eigenvalue weighted by Gasteiger charge is 2.22. The summed E-state index contributed by atoms with van der Waals surface area (Å²) < 4.78 is 0. The molecule has 1 aliphatic rings. The van der Waals surface area contributed by atoms with Crippen LogP contribution in [-0.2, 0) is 6.42 Å². The Hall–Kier alpha value is -0.410. The van der Waals surface area contributed by atoms with Crippen molar-refractivity contribution in [1.82, 2.24) is 10.3 Å². The predicted octanol–water partition coefficient (Wildman–Crippen LogP) is 3.55. The molecule has 0 saturated heterocycles. The average Bonchev–Trinajstić information content (AvgIpc) is 2.65. The van der Waals surface area contributed by atoms with Crippen LogP contribution in [-0.4, -0.2) is 17.6 Å². The molecule has 1 unspecified atom stereocenters. The smallest absolute Gasteiger partial charge is 0.0943 e. The molecule has 1 aromatic rings. The molecule has 0 spiro atoms. The van der Waals surface area contributed by atoms with E-state index in [2.05, 4.69) is 29.5 Å². The Labute approximate surface area is 109 Å². The molecule has 0 bridgehead atoms. The van der Waals surface area contributed by atoms with E-state index in [1.165, 1.54) is 42.8 Å². The number of rotatable bonds is 7. The topological polar surface area (TPSA) is 24.9 Å². The largest absolute Gasteiger partial charge is 0.314 e. The van der Waals surface area contributed by atoms with Crippen molar-refractivity contribution in [2.24, 2.45) is 5.92 Å². The molecule has 0 amide bonds. The van der Waals surface area contributed by atoms with Crippen molar-refractivity contribution < 1.29 is 0 Å². The number of hydrogen-bond donors (Lipinski definition) is 1. The fourth-order valence-corrected chi connectivity index (χ4v) is 3.28. The van der Waals surface area contributed by atoms with Crippen molar-refractivity contribution >= 4 is 11.3 Å². The maximum absolute atomic E-state index is 4.59. The van der Waals surface area contributed by atoms with Crippen molar-refractivity contribution in [1.29, 1.82) is 0 Å². The van der Waals surface area contributed by atoms with Gasteiger partial charge in [-0.25, -0.2) is 4.98 Å². The molecule has 3 heteroatoms. The monoisotopic (exact) mass is 252 g/mol. The summed E-state index contributed by atoms with van der Waals surface area (Å²) in [4.78, 5) is 4.59. The van der Waals surface area contributed by atoms with Gasteiger partial charge in [-0.05, 0) is 32.2 Å². The zero-order valence-electron chi connectivity index (χ0n) is 11.0. The number of nitrogens with zero attached hydrogens (tertiary/aromatic N) is 1. The van der Waals surface area contributed by atoms with E-state index >= 15 is 0 Å². The molecule has 1 aromatic heterocycles. The quantitative estimate of drug-likeness (QED) is 0.802. The van der Waals surface area contributed by atoms with E-state index in [9.17, 15) is 0 Å². The molecular formula is C14H24N2S. The van der Waals surface area contributed by atoms with E-state index in [-0.39, 0.29) is 0 Å². The third-order valence-electron chi connectivity index (χ3n) is 3.61. The lowest BCUT2D eigenvalue weighted by atomic mass is 9.80. The lowest BCUT2D eigenvalue weighted by molar-refractivity contribution is 0.259. The number of hydrogen-bond acceptors (Lipinski definition) is 3. The van der Waals surface area contributed by atoms with E-state index in [0.717, 1.165) is 18.9 Å². The lowest BCUT2D eigenvalue weighted by Crippen LogP contribution is -2.35. The second-order valence-corrected chi connectivity index (χ2v) is 6.21. The first kappa shape index (κ1) is 13.0. The SMILES string of the molecule is CCCNC(Cc1nc(C)cs1)CC1CCC1. The first-order valence-electron chi connectivity index (χ1n) is 6.92. The minimum absolute atomic E-state index is 0.644. The average molecular weight is 252 g/mol. The second-order valence-electron chi connectivity index (χ2n) is 5.27. The van der Waals surface area contributed by atoms with Crippen LogP contribution in [0, 0.1) is 12.8 Å². The van der Waals surface area contributed by atoms with Crippen LogP contribution in [0.5, 0.6) is 0 Å². The summed E-state index contributed by atoms with van der Waals surface area (Å²) in [7, 11) is 0. The maximum Gasteiger partial charge on any atom is 0.0943 e. The molecule has 1 N–H and O–H groups in total. The summed E-state index contributed by atoms with van der Waals surface area (Å²) in [5, 5.41) is 7.16. The van der Waals surface area contributed by atoms with E-state index in [0.29, 0.717) is 6.04 Å². The van der Waals surface area contributed by atoms with Gasteiger partial charge < -0.3 is 5.32 Å². The number of aromatic nitrogens is 1. The van der Waals surface area contributed by atoms with Gasteiger partial charge in [-0.2, -0.15) is 0 Å². The van der Waals surface area contributed by atoms with Crippen molar-refractivity contribution in [3.63, 3.8) is 0 Å². The molecule has 1 aliphatic carbocycles. The summed E-state index contributed by atoms with van der Waals surface area (Å²) >= 11 is 1.81. The summed E-state index contributed by atoms with van der Waals surface area (Å²) in [6.07, 6.45) is 8.02. The molecular weight excluding hydrogens is 228 g/mol. The molecule has 0 aromatic carbocycles. The Bertz CT molecular complexity index is 331. The molecule has 1 fully saturated rings. The van der Waals surface area contributed by atoms with Crippen molar-refractivity contribution in [2.75, 3.05) is 6.54 Å². The van der Waals surface area contributed by atoms with Crippen LogP contribution in [0.2, 0.25) is 0 Å².